The highest BCUT2D eigenvalue weighted by Crippen LogP contribution is 2.23. The Hall–Kier alpha value is -1.58. The molecule has 1 fully saturated rings. The van der Waals surface area contributed by atoms with Gasteiger partial charge in [-0.25, -0.2) is 4.98 Å². The van der Waals surface area contributed by atoms with Gasteiger partial charge in [-0.2, -0.15) is 0 Å². The van der Waals surface area contributed by atoms with Crippen molar-refractivity contribution >= 4 is 11.7 Å². The van der Waals surface area contributed by atoms with Crippen molar-refractivity contribution in [2.24, 2.45) is 5.92 Å². The molecular formula is C15H23N3O. The summed E-state index contributed by atoms with van der Waals surface area (Å²) < 4.78 is 0. The Morgan fingerprint density at radius 2 is 2.32 bits per heavy atom. The van der Waals surface area contributed by atoms with E-state index in [0.717, 1.165) is 31.8 Å². The van der Waals surface area contributed by atoms with Crippen LogP contribution in [0, 0.1) is 5.92 Å². The van der Waals surface area contributed by atoms with E-state index in [1.807, 2.05) is 4.90 Å². The van der Waals surface area contributed by atoms with Crippen LogP contribution in [0.15, 0.2) is 18.3 Å². The number of amides is 1. The molecule has 1 aliphatic heterocycles. The lowest BCUT2D eigenvalue weighted by Crippen LogP contribution is -2.32. The molecule has 104 valence electrons. The van der Waals surface area contributed by atoms with Crippen LogP contribution in [0.3, 0.4) is 0 Å². The van der Waals surface area contributed by atoms with Crippen LogP contribution in [0.2, 0.25) is 0 Å². The van der Waals surface area contributed by atoms with Crippen LogP contribution >= 0.6 is 0 Å². The number of rotatable bonds is 3. The lowest BCUT2D eigenvalue weighted by atomic mass is 9.96. The molecule has 2 heterocycles. The molecule has 4 heteroatoms. The fraction of sp³-hybridized carbons (Fsp3) is 0.600. The van der Waals surface area contributed by atoms with Crippen LogP contribution in [0.1, 0.15) is 49.4 Å². The summed E-state index contributed by atoms with van der Waals surface area (Å²) in [7, 11) is 0. The molecule has 1 aromatic heterocycles. The molecule has 0 radical (unpaired) electrons. The minimum atomic E-state index is 0.0303. The maximum Gasteiger partial charge on any atom is 0.257 e. The molecule has 2 rings (SSSR count). The highest BCUT2D eigenvalue weighted by molar-refractivity contribution is 5.98. The molecule has 1 aromatic rings. The van der Waals surface area contributed by atoms with Crippen molar-refractivity contribution in [2.75, 3.05) is 18.8 Å². The average molecular weight is 261 g/mol. The molecule has 1 unspecified atom stereocenters. The van der Waals surface area contributed by atoms with Gasteiger partial charge in [0.05, 0.1) is 5.56 Å². The second-order valence-corrected chi connectivity index (χ2v) is 5.31. The van der Waals surface area contributed by atoms with Crippen molar-refractivity contribution in [3.8, 4) is 0 Å². The molecule has 0 bridgehead atoms. The number of nitrogen functional groups attached to an aromatic ring is 1. The number of carbonyl (C=O) groups is 1. The second-order valence-electron chi connectivity index (χ2n) is 5.31. The Morgan fingerprint density at radius 3 is 3.05 bits per heavy atom. The van der Waals surface area contributed by atoms with Gasteiger partial charge < -0.3 is 10.6 Å². The second kappa shape index (κ2) is 6.55. The first kappa shape index (κ1) is 13.8. The summed E-state index contributed by atoms with van der Waals surface area (Å²) >= 11 is 0. The Labute approximate surface area is 115 Å². The van der Waals surface area contributed by atoms with Gasteiger partial charge in [0, 0.05) is 19.3 Å². The average Bonchev–Trinajstić information content (AvgIpc) is 2.65. The van der Waals surface area contributed by atoms with Gasteiger partial charge in [-0.05, 0) is 37.3 Å². The zero-order valence-corrected chi connectivity index (χ0v) is 11.6. The number of aromatic nitrogens is 1. The molecule has 0 aliphatic carbocycles. The van der Waals surface area contributed by atoms with Crippen molar-refractivity contribution in [3.63, 3.8) is 0 Å². The monoisotopic (exact) mass is 261 g/mol. The summed E-state index contributed by atoms with van der Waals surface area (Å²) in [4.78, 5) is 18.4. The maximum atomic E-state index is 12.4. The Balaban J connectivity index is 2.02. The third-order valence-corrected chi connectivity index (χ3v) is 3.90. The molecule has 4 nitrogen and oxygen atoms in total. The van der Waals surface area contributed by atoms with Gasteiger partial charge in [-0.1, -0.05) is 19.8 Å². The first-order valence-corrected chi connectivity index (χ1v) is 7.22. The fourth-order valence-electron chi connectivity index (χ4n) is 2.83. The van der Waals surface area contributed by atoms with Crippen molar-refractivity contribution in [1.29, 1.82) is 0 Å². The molecule has 19 heavy (non-hydrogen) atoms. The van der Waals surface area contributed by atoms with Crippen LogP contribution in [0.25, 0.3) is 0 Å². The smallest absolute Gasteiger partial charge is 0.257 e. The molecule has 0 saturated carbocycles. The predicted molar refractivity (Wildman–Crippen MR) is 76.8 cm³/mol. The van der Waals surface area contributed by atoms with E-state index in [1.165, 1.54) is 19.3 Å². The van der Waals surface area contributed by atoms with Crippen LogP contribution in [-0.2, 0) is 0 Å². The van der Waals surface area contributed by atoms with Gasteiger partial charge >= 0.3 is 0 Å². The number of anilines is 1. The van der Waals surface area contributed by atoms with Gasteiger partial charge in [0.2, 0.25) is 0 Å². The predicted octanol–water partition coefficient (Wildman–Crippen LogP) is 2.71. The van der Waals surface area contributed by atoms with Crippen LogP contribution in [0.4, 0.5) is 5.82 Å². The molecule has 1 saturated heterocycles. The van der Waals surface area contributed by atoms with Crippen LogP contribution in [0.5, 0.6) is 0 Å². The summed E-state index contributed by atoms with van der Waals surface area (Å²) in [6.07, 6.45) is 7.56. The summed E-state index contributed by atoms with van der Waals surface area (Å²) in [6.45, 7) is 3.91. The Morgan fingerprint density at radius 1 is 1.47 bits per heavy atom. The summed E-state index contributed by atoms with van der Waals surface area (Å²) in [5.41, 5.74) is 6.32. The quantitative estimate of drug-likeness (QED) is 0.910. The van der Waals surface area contributed by atoms with E-state index in [9.17, 15) is 4.79 Å². The number of hydrogen-bond donors (Lipinski definition) is 1. The first-order valence-electron chi connectivity index (χ1n) is 7.22. The Kier molecular flexibility index (Phi) is 4.77. The first-order chi connectivity index (χ1) is 9.22. The van der Waals surface area contributed by atoms with Crippen molar-refractivity contribution in [3.05, 3.63) is 23.9 Å². The molecule has 0 aromatic carbocycles. The van der Waals surface area contributed by atoms with E-state index in [0.29, 0.717) is 11.4 Å². The van der Waals surface area contributed by atoms with Gasteiger partial charge in [0.1, 0.15) is 5.82 Å². The molecular weight excluding hydrogens is 238 g/mol. The van der Waals surface area contributed by atoms with E-state index in [-0.39, 0.29) is 5.91 Å². The number of likely N-dealkylation sites (tertiary alicyclic amines) is 1. The molecule has 1 atom stereocenters. The highest BCUT2D eigenvalue weighted by atomic mass is 16.2. The summed E-state index contributed by atoms with van der Waals surface area (Å²) in [5.74, 6) is 1.14. The van der Waals surface area contributed by atoms with E-state index < -0.39 is 0 Å². The highest BCUT2D eigenvalue weighted by Gasteiger charge is 2.22. The number of carbonyl (C=O) groups excluding carboxylic acids is 1. The number of pyridine rings is 1. The van der Waals surface area contributed by atoms with E-state index in [1.54, 1.807) is 18.3 Å². The van der Waals surface area contributed by atoms with E-state index in [2.05, 4.69) is 11.9 Å². The van der Waals surface area contributed by atoms with Gasteiger partial charge in [0.15, 0.2) is 0 Å². The van der Waals surface area contributed by atoms with E-state index >= 15 is 0 Å². The molecule has 2 N–H and O–H groups in total. The maximum absolute atomic E-state index is 12.4. The number of hydrogen-bond acceptors (Lipinski definition) is 3. The number of nitrogens with zero attached hydrogens (tertiary/aromatic N) is 2. The van der Waals surface area contributed by atoms with Crippen molar-refractivity contribution < 1.29 is 4.79 Å². The zero-order chi connectivity index (χ0) is 13.7. The number of nitrogens with two attached hydrogens (primary N) is 1. The normalized spacial score (nSPS) is 20.1. The van der Waals surface area contributed by atoms with Gasteiger partial charge in [-0.3, -0.25) is 4.79 Å². The lowest BCUT2D eigenvalue weighted by molar-refractivity contribution is 0.0760. The van der Waals surface area contributed by atoms with Crippen LogP contribution in [-0.4, -0.2) is 28.9 Å². The molecule has 1 amide bonds. The largest absolute Gasteiger partial charge is 0.383 e. The zero-order valence-electron chi connectivity index (χ0n) is 11.6. The third-order valence-electron chi connectivity index (χ3n) is 3.90. The Bertz CT molecular complexity index is 433. The third kappa shape index (κ3) is 3.46. The minimum Gasteiger partial charge on any atom is -0.383 e. The summed E-state index contributed by atoms with van der Waals surface area (Å²) in [5, 5.41) is 0. The van der Waals surface area contributed by atoms with E-state index in [4.69, 9.17) is 5.73 Å². The molecule has 1 aliphatic rings. The minimum absolute atomic E-state index is 0.0303. The summed E-state index contributed by atoms with van der Waals surface area (Å²) in [6, 6.07) is 3.53. The van der Waals surface area contributed by atoms with Crippen molar-refractivity contribution in [1.82, 2.24) is 9.88 Å². The SMILES string of the molecule is CCCC1CCCN(C(=O)c2cccnc2N)CC1. The van der Waals surface area contributed by atoms with Crippen LogP contribution < -0.4 is 5.73 Å². The van der Waals surface area contributed by atoms with Gasteiger partial charge in [0.25, 0.3) is 5.91 Å². The fourth-order valence-corrected chi connectivity index (χ4v) is 2.83. The molecule has 0 spiro atoms. The lowest BCUT2D eigenvalue weighted by Gasteiger charge is -2.21. The topological polar surface area (TPSA) is 59.2 Å². The van der Waals surface area contributed by atoms with Crippen molar-refractivity contribution in [2.45, 2.75) is 39.0 Å². The standard InChI is InChI=1S/C15H23N3O/c1-2-5-12-6-4-10-18(11-8-12)15(19)13-7-3-9-17-14(13)16/h3,7,9,12H,2,4-6,8,10-11H2,1H3,(H2,16,17). The van der Waals surface area contributed by atoms with Gasteiger partial charge in [-0.15, -0.1) is 0 Å².